The van der Waals surface area contributed by atoms with Crippen molar-refractivity contribution in [2.45, 2.75) is 59.2 Å². The predicted molar refractivity (Wildman–Crippen MR) is 127 cm³/mol. The highest BCUT2D eigenvalue weighted by Gasteiger charge is 2.33. The number of pyridine rings is 1. The number of aromatic nitrogens is 3. The molecule has 0 amide bonds. The SMILES string of the molecule is CCNC(=NCc1ccc(-n2nc(C)cc2C)nc1)NC1CC(C)(C)Oc2ccccc21. The van der Waals surface area contributed by atoms with Crippen LogP contribution in [0.2, 0.25) is 0 Å². The molecule has 4 rings (SSSR count). The molecule has 168 valence electrons. The molecule has 1 unspecified atom stereocenters. The number of guanidine groups is 1. The number of benzene rings is 1. The number of rotatable bonds is 5. The summed E-state index contributed by atoms with van der Waals surface area (Å²) in [6.07, 6.45) is 2.72. The maximum Gasteiger partial charge on any atom is 0.192 e. The first-order valence-electron chi connectivity index (χ1n) is 11.2. The summed E-state index contributed by atoms with van der Waals surface area (Å²) >= 11 is 0. The molecule has 1 aliphatic rings. The van der Waals surface area contributed by atoms with Crippen LogP contribution in [0, 0.1) is 13.8 Å². The number of hydrogen-bond acceptors (Lipinski definition) is 4. The van der Waals surface area contributed by atoms with E-state index in [4.69, 9.17) is 9.73 Å². The number of aryl methyl sites for hydroxylation is 2. The Morgan fingerprint density at radius 2 is 2.03 bits per heavy atom. The Bertz CT molecular complexity index is 1100. The van der Waals surface area contributed by atoms with Gasteiger partial charge in [0.05, 0.1) is 18.3 Å². The molecule has 0 saturated carbocycles. The molecule has 0 aliphatic carbocycles. The molecule has 0 fully saturated rings. The standard InChI is InChI=1S/C25H32N6O/c1-6-26-24(29-21-14-25(4,5)32-22-10-8-7-9-20(21)22)28-16-19-11-12-23(27-15-19)31-18(3)13-17(2)30-31/h7-13,15,21H,6,14,16H2,1-5H3,(H2,26,28,29). The Kier molecular flexibility index (Phi) is 6.17. The molecule has 7 nitrogen and oxygen atoms in total. The van der Waals surface area contributed by atoms with Crippen LogP contribution in [0.5, 0.6) is 5.75 Å². The van der Waals surface area contributed by atoms with Crippen molar-refractivity contribution >= 4 is 5.96 Å². The van der Waals surface area contributed by atoms with Crippen LogP contribution in [-0.4, -0.2) is 32.9 Å². The van der Waals surface area contributed by atoms with Gasteiger partial charge in [-0.1, -0.05) is 24.3 Å². The topological polar surface area (TPSA) is 76.4 Å². The van der Waals surface area contributed by atoms with Gasteiger partial charge in [0, 0.05) is 30.4 Å². The third-order valence-corrected chi connectivity index (χ3v) is 5.49. The number of hydrogen-bond donors (Lipinski definition) is 2. The summed E-state index contributed by atoms with van der Waals surface area (Å²) in [5.74, 6) is 2.53. The highest BCUT2D eigenvalue weighted by Crippen LogP contribution is 2.39. The highest BCUT2D eigenvalue weighted by molar-refractivity contribution is 5.80. The van der Waals surface area contributed by atoms with Gasteiger partial charge in [0.15, 0.2) is 11.8 Å². The van der Waals surface area contributed by atoms with E-state index in [-0.39, 0.29) is 11.6 Å². The van der Waals surface area contributed by atoms with Crippen LogP contribution in [0.3, 0.4) is 0 Å². The molecule has 2 aromatic heterocycles. The lowest BCUT2D eigenvalue weighted by Gasteiger charge is -2.38. The average molecular weight is 433 g/mol. The molecule has 1 aromatic carbocycles. The van der Waals surface area contributed by atoms with E-state index in [0.29, 0.717) is 6.54 Å². The maximum atomic E-state index is 6.16. The summed E-state index contributed by atoms with van der Waals surface area (Å²) in [5.41, 5.74) is 4.01. The first-order valence-corrected chi connectivity index (χ1v) is 11.2. The lowest BCUT2D eigenvalue weighted by molar-refractivity contribution is 0.0694. The smallest absolute Gasteiger partial charge is 0.192 e. The van der Waals surface area contributed by atoms with Crippen LogP contribution in [0.25, 0.3) is 5.82 Å². The zero-order valence-corrected chi connectivity index (χ0v) is 19.5. The van der Waals surface area contributed by atoms with E-state index in [1.165, 1.54) is 0 Å². The van der Waals surface area contributed by atoms with Gasteiger partial charge >= 0.3 is 0 Å². The summed E-state index contributed by atoms with van der Waals surface area (Å²) in [6.45, 7) is 11.7. The summed E-state index contributed by atoms with van der Waals surface area (Å²) in [6, 6.07) is 14.4. The van der Waals surface area contributed by atoms with Gasteiger partial charge < -0.3 is 15.4 Å². The van der Waals surface area contributed by atoms with E-state index in [0.717, 1.165) is 53.0 Å². The Morgan fingerprint density at radius 1 is 1.22 bits per heavy atom. The molecular weight excluding hydrogens is 400 g/mol. The van der Waals surface area contributed by atoms with Crippen molar-refractivity contribution in [3.05, 3.63) is 71.2 Å². The van der Waals surface area contributed by atoms with Gasteiger partial charge in [-0.15, -0.1) is 0 Å². The quantitative estimate of drug-likeness (QED) is 0.466. The lowest BCUT2D eigenvalue weighted by atomic mass is 9.90. The van der Waals surface area contributed by atoms with Crippen LogP contribution in [-0.2, 0) is 6.54 Å². The van der Waals surface area contributed by atoms with Crippen molar-refractivity contribution in [3.63, 3.8) is 0 Å². The monoisotopic (exact) mass is 432 g/mol. The van der Waals surface area contributed by atoms with Crippen molar-refractivity contribution < 1.29 is 4.74 Å². The van der Waals surface area contributed by atoms with Crippen LogP contribution in [0.1, 0.15) is 55.7 Å². The highest BCUT2D eigenvalue weighted by atomic mass is 16.5. The first kappa shape index (κ1) is 21.9. The molecule has 0 spiro atoms. The summed E-state index contributed by atoms with van der Waals surface area (Å²) in [5, 5.41) is 11.5. The van der Waals surface area contributed by atoms with Crippen LogP contribution >= 0.6 is 0 Å². The second kappa shape index (κ2) is 9.02. The minimum absolute atomic E-state index is 0.124. The normalized spacial score (nSPS) is 17.4. The molecule has 2 N–H and O–H groups in total. The van der Waals surface area contributed by atoms with Gasteiger partial charge in [0.25, 0.3) is 0 Å². The van der Waals surface area contributed by atoms with E-state index in [2.05, 4.69) is 59.7 Å². The van der Waals surface area contributed by atoms with Crippen molar-refractivity contribution in [3.8, 4) is 11.6 Å². The molecule has 3 aromatic rings. The van der Waals surface area contributed by atoms with Crippen molar-refractivity contribution in [2.75, 3.05) is 6.54 Å². The number of aliphatic imine (C=N–C) groups is 1. The van der Waals surface area contributed by atoms with E-state index in [1.54, 1.807) is 0 Å². The molecule has 1 atom stereocenters. The third kappa shape index (κ3) is 4.93. The number of nitrogens with zero attached hydrogens (tertiary/aromatic N) is 4. The molecule has 0 bridgehead atoms. The molecule has 3 heterocycles. The summed E-state index contributed by atoms with van der Waals surface area (Å²) in [7, 11) is 0. The minimum atomic E-state index is -0.244. The zero-order valence-electron chi connectivity index (χ0n) is 19.5. The first-order chi connectivity index (χ1) is 15.3. The number of fused-ring (bicyclic) bond motifs is 1. The molecule has 32 heavy (non-hydrogen) atoms. The fourth-order valence-electron chi connectivity index (χ4n) is 4.08. The van der Waals surface area contributed by atoms with Crippen LogP contribution < -0.4 is 15.4 Å². The fourth-order valence-corrected chi connectivity index (χ4v) is 4.08. The van der Waals surface area contributed by atoms with E-state index >= 15 is 0 Å². The average Bonchev–Trinajstić information content (AvgIpc) is 3.09. The van der Waals surface area contributed by atoms with Crippen molar-refractivity contribution in [2.24, 2.45) is 4.99 Å². The van der Waals surface area contributed by atoms with Crippen LogP contribution in [0.4, 0.5) is 0 Å². The minimum Gasteiger partial charge on any atom is -0.487 e. The number of nitrogens with one attached hydrogen (secondary N) is 2. The Morgan fingerprint density at radius 3 is 2.72 bits per heavy atom. The molecule has 1 aliphatic heterocycles. The third-order valence-electron chi connectivity index (χ3n) is 5.49. The maximum absolute atomic E-state index is 6.16. The van der Waals surface area contributed by atoms with E-state index in [9.17, 15) is 0 Å². The van der Waals surface area contributed by atoms with E-state index in [1.807, 2.05) is 49.0 Å². The van der Waals surface area contributed by atoms with Crippen molar-refractivity contribution in [1.82, 2.24) is 25.4 Å². The van der Waals surface area contributed by atoms with Crippen molar-refractivity contribution in [1.29, 1.82) is 0 Å². The summed E-state index contributed by atoms with van der Waals surface area (Å²) < 4.78 is 8.02. The largest absolute Gasteiger partial charge is 0.487 e. The van der Waals surface area contributed by atoms with Gasteiger partial charge in [-0.3, -0.25) is 0 Å². The second-order valence-corrected chi connectivity index (χ2v) is 8.86. The van der Waals surface area contributed by atoms with Gasteiger partial charge in [-0.2, -0.15) is 5.10 Å². The second-order valence-electron chi connectivity index (χ2n) is 8.86. The number of para-hydroxylation sites is 1. The summed E-state index contributed by atoms with van der Waals surface area (Å²) in [4.78, 5) is 9.40. The van der Waals surface area contributed by atoms with Gasteiger partial charge in [0.2, 0.25) is 0 Å². The fraction of sp³-hybridized carbons (Fsp3) is 0.400. The lowest BCUT2D eigenvalue weighted by Crippen LogP contribution is -2.45. The zero-order chi connectivity index (χ0) is 22.7. The molecule has 0 radical (unpaired) electrons. The molecule has 0 saturated heterocycles. The van der Waals surface area contributed by atoms with Gasteiger partial charge in [-0.05, 0) is 58.4 Å². The Hall–Kier alpha value is -3.35. The van der Waals surface area contributed by atoms with Gasteiger partial charge in [0.1, 0.15) is 11.4 Å². The predicted octanol–water partition coefficient (Wildman–Crippen LogP) is 4.24. The van der Waals surface area contributed by atoms with Gasteiger partial charge in [-0.25, -0.2) is 14.7 Å². The Balaban J connectivity index is 1.50. The molecule has 7 heteroatoms. The number of ether oxygens (including phenoxy) is 1. The Labute approximate surface area is 189 Å². The van der Waals surface area contributed by atoms with E-state index < -0.39 is 0 Å². The molecular formula is C25H32N6O. The van der Waals surface area contributed by atoms with Crippen LogP contribution in [0.15, 0.2) is 53.7 Å².